The minimum atomic E-state index is -1.26. The van der Waals surface area contributed by atoms with Gasteiger partial charge in [0, 0.05) is 13.0 Å². The van der Waals surface area contributed by atoms with Crippen molar-refractivity contribution < 1.29 is 38.8 Å². The highest BCUT2D eigenvalue weighted by Gasteiger charge is 2.30. The number of aliphatic carboxylic acids is 2. The fourth-order valence-electron chi connectivity index (χ4n) is 3.39. The van der Waals surface area contributed by atoms with Crippen LogP contribution in [0, 0.1) is 0 Å². The second-order valence-corrected chi connectivity index (χ2v) is 6.84. The van der Waals surface area contributed by atoms with Gasteiger partial charge < -0.3 is 24.4 Å². The Balaban J connectivity index is 1.71. The smallest absolute Gasteiger partial charge is 0.325 e. The van der Waals surface area contributed by atoms with E-state index in [4.69, 9.17) is 19.3 Å². The van der Waals surface area contributed by atoms with E-state index in [2.05, 4.69) is 5.32 Å². The van der Waals surface area contributed by atoms with Crippen LogP contribution in [0.2, 0.25) is 0 Å². The van der Waals surface area contributed by atoms with Crippen molar-refractivity contribution in [3.63, 3.8) is 0 Å². The predicted molar refractivity (Wildman–Crippen MR) is 95.3 cm³/mol. The van der Waals surface area contributed by atoms with Crippen molar-refractivity contribution in [1.29, 1.82) is 0 Å². The molecule has 3 N–H and O–H groups in total. The third-order valence-corrected chi connectivity index (χ3v) is 4.85. The van der Waals surface area contributed by atoms with Gasteiger partial charge in [0.05, 0.1) is 18.6 Å². The topological polar surface area (TPSA) is 131 Å². The molecule has 9 heteroatoms. The highest BCUT2D eigenvalue weighted by Crippen LogP contribution is 2.34. The highest BCUT2D eigenvalue weighted by molar-refractivity contribution is 5.89. The minimum absolute atomic E-state index is 0.00133. The molecule has 0 spiro atoms. The molecular weight excluding hydrogens is 370 g/mol. The first-order valence-corrected chi connectivity index (χ1v) is 9.18. The summed E-state index contributed by atoms with van der Waals surface area (Å²) in [4.78, 5) is 35.6. The summed E-state index contributed by atoms with van der Waals surface area (Å²) in [7, 11) is 0. The first-order chi connectivity index (χ1) is 13.4. The lowest BCUT2D eigenvalue weighted by Crippen LogP contribution is -2.43. The van der Waals surface area contributed by atoms with E-state index >= 15 is 0 Å². The van der Waals surface area contributed by atoms with Crippen molar-refractivity contribution in [2.24, 2.45) is 0 Å². The van der Waals surface area contributed by atoms with E-state index in [0.717, 1.165) is 12.8 Å². The van der Waals surface area contributed by atoms with Gasteiger partial charge in [0.1, 0.15) is 11.8 Å². The van der Waals surface area contributed by atoms with E-state index < -0.39 is 30.4 Å². The lowest BCUT2D eigenvalue weighted by atomic mass is 9.98. The molecule has 0 bridgehead atoms. The van der Waals surface area contributed by atoms with Crippen LogP contribution in [0.3, 0.4) is 0 Å². The molecule has 0 aliphatic carbocycles. The Morgan fingerprint density at radius 2 is 1.96 bits per heavy atom. The van der Waals surface area contributed by atoms with Gasteiger partial charge in [-0.1, -0.05) is 6.07 Å². The molecule has 2 aliphatic heterocycles. The van der Waals surface area contributed by atoms with Crippen LogP contribution in [-0.2, 0) is 19.1 Å². The Morgan fingerprint density at radius 3 is 2.64 bits per heavy atom. The van der Waals surface area contributed by atoms with Gasteiger partial charge in [0.2, 0.25) is 6.79 Å². The zero-order valence-corrected chi connectivity index (χ0v) is 15.3. The van der Waals surface area contributed by atoms with Gasteiger partial charge in [-0.15, -0.1) is 0 Å². The van der Waals surface area contributed by atoms with Crippen molar-refractivity contribution in [3.8, 4) is 11.5 Å². The fourth-order valence-corrected chi connectivity index (χ4v) is 3.39. The summed E-state index contributed by atoms with van der Waals surface area (Å²) >= 11 is 0. The molecule has 0 radical (unpaired) electrons. The van der Waals surface area contributed by atoms with Crippen molar-refractivity contribution in [2.45, 2.75) is 50.3 Å². The number of carbonyl (C=O) groups is 3. The van der Waals surface area contributed by atoms with Crippen LogP contribution in [-0.4, -0.2) is 53.5 Å². The fraction of sp³-hybridized carbons (Fsp3) is 0.526. The summed E-state index contributed by atoms with van der Waals surface area (Å²) < 4.78 is 16.0. The van der Waals surface area contributed by atoms with Gasteiger partial charge in [-0.3, -0.25) is 19.7 Å². The van der Waals surface area contributed by atoms with Crippen molar-refractivity contribution >= 4 is 17.7 Å². The van der Waals surface area contributed by atoms with Gasteiger partial charge in [-0.05, 0) is 37.0 Å². The molecule has 1 aromatic rings. The molecule has 0 saturated carbocycles. The zero-order chi connectivity index (χ0) is 20.1. The maximum atomic E-state index is 12.6. The van der Waals surface area contributed by atoms with Crippen LogP contribution in [0.5, 0.6) is 11.5 Å². The van der Waals surface area contributed by atoms with Crippen LogP contribution in [0.1, 0.15) is 43.7 Å². The Labute approximate surface area is 161 Å². The van der Waals surface area contributed by atoms with E-state index in [0.29, 0.717) is 30.1 Å². The lowest BCUT2D eigenvalue weighted by Gasteiger charge is -2.22. The van der Waals surface area contributed by atoms with Gasteiger partial charge in [-0.2, -0.15) is 0 Å². The van der Waals surface area contributed by atoms with Crippen LogP contribution >= 0.6 is 0 Å². The second kappa shape index (κ2) is 9.03. The maximum absolute atomic E-state index is 12.6. The summed E-state index contributed by atoms with van der Waals surface area (Å²) in [6, 6.07) is 2.27. The van der Waals surface area contributed by atoms with Gasteiger partial charge in [0.15, 0.2) is 11.5 Å². The van der Waals surface area contributed by atoms with Gasteiger partial charge in [0.25, 0.3) is 0 Å². The summed E-state index contributed by atoms with van der Waals surface area (Å²) in [5, 5.41) is 21.5. The van der Waals surface area contributed by atoms with E-state index in [1.807, 2.05) is 0 Å². The van der Waals surface area contributed by atoms with Crippen molar-refractivity contribution in [3.05, 3.63) is 23.8 Å². The third-order valence-electron chi connectivity index (χ3n) is 4.85. The monoisotopic (exact) mass is 393 g/mol. The number of carboxylic acids is 2. The van der Waals surface area contributed by atoms with Crippen LogP contribution in [0.4, 0.5) is 0 Å². The number of fused-ring (bicyclic) bond motifs is 1. The molecule has 3 rings (SSSR count). The third kappa shape index (κ3) is 4.99. The Bertz CT molecular complexity index is 743. The summed E-state index contributed by atoms with van der Waals surface area (Å²) in [5.41, 5.74) is 0.346. The number of carbonyl (C=O) groups excluding carboxylic acids is 1. The van der Waals surface area contributed by atoms with Crippen LogP contribution in [0.15, 0.2) is 18.2 Å². The lowest BCUT2D eigenvalue weighted by molar-refractivity contribution is -0.143. The zero-order valence-electron chi connectivity index (χ0n) is 15.3. The number of benzene rings is 1. The average molecular weight is 393 g/mol. The number of Topliss-reactive ketones (excluding diaryl/α,β-unsaturated/α-hetero) is 1. The van der Waals surface area contributed by atoms with Gasteiger partial charge >= 0.3 is 11.9 Å². The van der Waals surface area contributed by atoms with E-state index in [-0.39, 0.29) is 25.1 Å². The predicted octanol–water partition coefficient (Wildman–Crippen LogP) is 1.50. The Morgan fingerprint density at radius 1 is 1.18 bits per heavy atom. The molecule has 0 amide bonds. The quantitative estimate of drug-likeness (QED) is 0.541. The van der Waals surface area contributed by atoms with Crippen LogP contribution in [0.25, 0.3) is 0 Å². The van der Waals surface area contributed by atoms with Crippen molar-refractivity contribution in [2.75, 3.05) is 13.4 Å². The number of carboxylic acid groups (broad SMARTS) is 2. The molecule has 3 atom stereocenters. The molecule has 152 valence electrons. The normalized spacial score (nSPS) is 19.9. The molecule has 28 heavy (non-hydrogen) atoms. The molecule has 1 fully saturated rings. The first-order valence-electron chi connectivity index (χ1n) is 9.18. The summed E-state index contributed by atoms with van der Waals surface area (Å²) in [5.74, 6) is -1.84. The Hall–Kier alpha value is -2.65. The molecule has 9 nitrogen and oxygen atoms in total. The van der Waals surface area contributed by atoms with Gasteiger partial charge in [-0.25, -0.2) is 0 Å². The number of ether oxygens (including phenoxy) is 3. The number of hydrogen-bond acceptors (Lipinski definition) is 7. The molecule has 1 aromatic carbocycles. The molecule has 1 saturated heterocycles. The second-order valence-electron chi connectivity index (χ2n) is 6.84. The molecule has 0 aromatic heterocycles. The standard InChI is InChI=1S/C19H23NO8/c21-14(5-4-12-2-1-7-26-12)13(9-17(22)23)20-18(19(24)25)11-3-6-15-16(8-11)28-10-27-15/h3,6,8,12-13,18,20H,1-2,4-5,7,9-10H2,(H,22,23)(H,24,25). The number of ketones is 1. The number of hydrogen-bond donors (Lipinski definition) is 3. The van der Waals surface area contributed by atoms with E-state index in [9.17, 15) is 19.5 Å². The van der Waals surface area contributed by atoms with E-state index in [1.54, 1.807) is 12.1 Å². The molecular formula is C19H23NO8. The van der Waals surface area contributed by atoms with Crippen LogP contribution < -0.4 is 14.8 Å². The minimum Gasteiger partial charge on any atom is -0.481 e. The molecule has 2 heterocycles. The molecule has 3 unspecified atom stereocenters. The number of rotatable bonds is 10. The Kier molecular flexibility index (Phi) is 6.48. The SMILES string of the molecule is O=C(O)CC(NC(C(=O)O)c1ccc2c(c1)OCO2)C(=O)CCC1CCCO1. The number of nitrogens with one attached hydrogen (secondary N) is 1. The highest BCUT2D eigenvalue weighted by atomic mass is 16.7. The first kappa shape index (κ1) is 20.1. The maximum Gasteiger partial charge on any atom is 0.325 e. The summed E-state index contributed by atoms with van der Waals surface area (Å²) in [6.07, 6.45) is 1.94. The molecule has 2 aliphatic rings. The van der Waals surface area contributed by atoms with E-state index in [1.165, 1.54) is 6.07 Å². The largest absolute Gasteiger partial charge is 0.481 e. The average Bonchev–Trinajstić information content (AvgIpc) is 3.33. The van der Waals surface area contributed by atoms with Crippen molar-refractivity contribution in [1.82, 2.24) is 5.32 Å². The summed E-state index contributed by atoms with van der Waals surface area (Å²) in [6.45, 7) is 0.716.